The zero-order valence-corrected chi connectivity index (χ0v) is 19.0. The molecule has 0 unspecified atom stereocenters. The van der Waals surface area contributed by atoms with E-state index in [2.05, 4.69) is 10.2 Å². The Morgan fingerprint density at radius 1 is 0.900 bits per heavy atom. The highest BCUT2D eigenvalue weighted by Crippen LogP contribution is 2.31. The lowest BCUT2D eigenvalue weighted by molar-refractivity contribution is 0.353. The van der Waals surface area contributed by atoms with Gasteiger partial charge < -0.3 is 9.47 Å². The Balaban J connectivity index is 1.84. The fourth-order valence-corrected chi connectivity index (χ4v) is 6.81. The van der Waals surface area contributed by atoms with E-state index in [0.717, 1.165) is 0 Å². The van der Waals surface area contributed by atoms with E-state index in [1.165, 1.54) is 41.0 Å². The number of aromatic nitrogens is 2. The third-order valence-corrected chi connectivity index (χ3v) is 9.12. The van der Waals surface area contributed by atoms with E-state index in [4.69, 9.17) is 9.47 Å². The summed E-state index contributed by atoms with van der Waals surface area (Å²) in [4.78, 5) is 0.219. The Hall–Kier alpha value is -2.15. The predicted molar refractivity (Wildman–Crippen MR) is 110 cm³/mol. The van der Waals surface area contributed by atoms with Crippen LogP contribution in [-0.2, 0) is 20.0 Å². The van der Waals surface area contributed by atoms with Crippen LogP contribution in [0, 0.1) is 13.8 Å². The van der Waals surface area contributed by atoms with E-state index >= 15 is 0 Å². The zero-order valence-electron chi connectivity index (χ0n) is 17.4. The van der Waals surface area contributed by atoms with Gasteiger partial charge in [0.25, 0.3) is 0 Å². The second-order valence-corrected chi connectivity index (χ2v) is 10.8. The monoisotopic (exact) mass is 458 g/mol. The first-order chi connectivity index (χ1) is 14.1. The molecule has 1 aromatic heterocycles. The van der Waals surface area contributed by atoms with Crippen molar-refractivity contribution in [2.75, 3.05) is 40.4 Å². The van der Waals surface area contributed by atoms with Crippen LogP contribution in [0.15, 0.2) is 28.0 Å². The largest absolute Gasteiger partial charge is 0.493 e. The van der Waals surface area contributed by atoms with Gasteiger partial charge in [-0.05, 0) is 32.4 Å². The minimum Gasteiger partial charge on any atom is -0.493 e. The summed E-state index contributed by atoms with van der Waals surface area (Å²) in [6.45, 7) is 3.82. The van der Waals surface area contributed by atoms with Crippen LogP contribution < -0.4 is 9.47 Å². The van der Waals surface area contributed by atoms with Crippen molar-refractivity contribution in [3.63, 3.8) is 0 Å². The van der Waals surface area contributed by atoms with Gasteiger partial charge in [0.2, 0.25) is 20.0 Å². The molecule has 2 heterocycles. The first-order valence-corrected chi connectivity index (χ1v) is 12.2. The number of nitrogens with zero attached hydrogens (tertiary/aromatic N) is 3. The molecule has 1 saturated heterocycles. The molecular formula is C18H26N4O6S2. The van der Waals surface area contributed by atoms with Gasteiger partial charge in [-0.15, -0.1) is 0 Å². The lowest BCUT2D eigenvalue weighted by Crippen LogP contribution is -2.37. The average molecular weight is 459 g/mol. The summed E-state index contributed by atoms with van der Waals surface area (Å²) in [6, 6.07) is 4.39. The number of methoxy groups -OCH3 is 2. The number of nitrogens with one attached hydrogen (secondary N) is 1. The molecule has 1 fully saturated rings. The maximum Gasteiger partial charge on any atom is 0.246 e. The molecule has 0 atom stereocenters. The van der Waals surface area contributed by atoms with Crippen LogP contribution in [0.4, 0.5) is 0 Å². The van der Waals surface area contributed by atoms with Gasteiger partial charge in [-0.2, -0.15) is 13.7 Å². The van der Waals surface area contributed by atoms with Crippen molar-refractivity contribution in [2.24, 2.45) is 0 Å². The van der Waals surface area contributed by atoms with Gasteiger partial charge in [-0.25, -0.2) is 16.8 Å². The normalized spacial score (nSPS) is 16.9. The maximum absolute atomic E-state index is 13.1. The molecule has 12 heteroatoms. The molecule has 0 spiro atoms. The summed E-state index contributed by atoms with van der Waals surface area (Å²) in [6.07, 6.45) is 0.377. The van der Waals surface area contributed by atoms with E-state index in [0.29, 0.717) is 29.3 Å². The molecule has 166 valence electrons. The van der Waals surface area contributed by atoms with E-state index in [1.54, 1.807) is 13.8 Å². The van der Waals surface area contributed by atoms with Gasteiger partial charge in [-0.1, -0.05) is 0 Å². The number of benzene rings is 1. The van der Waals surface area contributed by atoms with Gasteiger partial charge in [0.15, 0.2) is 11.5 Å². The van der Waals surface area contributed by atoms with Crippen molar-refractivity contribution in [3.05, 3.63) is 29.6 Å². The number of aromatic amines is 1. The summed E-state index contributed by atoms with van der Waals surface area (Å²) in [5.74, 6) is 0.735. The molecule has 1 N–H and O–H groups in total. The van der Waals surface area contributed by atoms with Gasteiger partial charge in [0.1, 0.15) is 4.90 Å². The van der Waals surface area contributed by atoms with E-state index in [-0.39, 0.29) is 36.0 Å². The molecule has 2 aromatic rings. The molecule has 1 aliphatic rings. The summed E-state index contributed by atoms with van der Waals surface area (Å²) >= 11 is 0. The third-order valence-electron chi connectivity index (χ3n) is 5.06. The molecule has 0 aliphatic carbocycles. The Bertz CT molecular complexity index is 1110. The number of sulfonamides is 2. The minimum absolute atomic E-state index is 0.0475. The standard InChI is InChI=1S/C18H26N4O6S2/c1-13-18(14(2)20-19-13)30(25,26)22-9-5-8-21(10-11-22)29(23,24)15-6-7-16(27-3)17(12-15)28-4/h6-7,12H,5,8-11H2,1-4H3,(H,19,20). The number of hydrogen-bond acceptors (Lipinski definition) is 7. The van der Waals surface area contributed by atoms with Crippen molar-refractivity contribution in [1.29, 1.82) is 0 Å². The molecule has 10 nitrogen and oxygen atoms in total. The van der Waals surface area contributed by atoms with Crippen molar-refractivity contribution < 1.29 is 26.3 Å². The summed E-state index contributed by atoms with van der Waals surface area (Å²) in [5, 5.41) is 6.65. The zero-order chi connectivity index (χ0) is 22.1. The second-order valence-electron chi connectivity index (χ2n) is 6.94. The minimum atomic E-state index is -3.82. The van der Waals surface area contributed by atoms with Crippen molar-refractivity contribution in [1.82, 2.24) is 18.8 Å². The lowest BCUT2D eigenvalue weighted by Gasteiger charge is -2.22. The SMILES string of the molecule is COc1ccc(S(=O)(=O)N2CCCN(S(=O)(=O)c3c(C)n[nH]c3C)CC2)cc1OC. The highest BCUT2D eigenvalue weighted by molar-refractivity contribution is 7.89. The fourth-order valence-electron chi connectivity index (χ4n) is 3.53. The lowest BCUT2D eigenvalue weighted by atomic mass is 10.3. The molecule has 1 aliphatic heterocycles. The Labute approximate surface area is 176 Å². The first-order valence-electron chi connectivity index (χ1n) is 9.36. The number of aryl methyl sites for hydroxylation is 2. The number of H-pyrrole nitrogens is 1. The number of rotatable bonds is 6. The third kappa shape index (κ3) is 4.04. The topological polar surface area (TPSA) is 122 Å². The molecule has 0 bridgehead atoms. The molecule has 0 amide bonds. The van der Waals surface area contributed by atoms with Crippen LogP contribution in [0.25, 0.3) is 0 Å². The smallest absolute Gasteiger partial charge is 0.246 e. The van der Waals surface area contributed by atoms with Crippen molar-refractivity contribution >= 4 is 20.0 Å². The fraction of sp³-hybridized carbons (Fsp3) is 0.500. The van der Waals surface area contributed by atoms with E-state index in [1.807, 2.05) is 0 Å². The maximum atomic E-state index is 13.1. The van der Waals surface area contributed by atoms with Gasteiger partial charge in [-0.3, -0.25) is 5.10 Å². The van der Waals surface area contributed by atoms with E-state index < -0.39 is 20.0 Å². The first kappa shape index (κ1) is 22.5. The second kappa shape index (κ2) is 8.53. The average Bonchev–Trinajstić information content (AvgIpc) is 2.92. The number of ether oxygens (including phenoxy) is 2. The molecular weight excluding hydrogens is 432 g/mol. The molecule has 1 aromatic carbocycles. The van der Waals surface area contributed by atoms with Crippen LogP contribution in [-0.4, -0.2) is 76.0 Å². The van der Waals surface area contributed by atoms with Crippen LogP contribution in [0.1, 0.15) is 17.8 Å². The van der Waals surface area contributed by atoms with Crippen molar-refractivity contribution in [2.45, 2.75) is 30.1 Å². The summed E-state index contributed by atoms with van der Waals surface area (Å²) < 4.78 is 65.5. The summed E-state index contributed by atoms with van der Waals surface area (Å²) in [5.41, 5.74) is 0.859. The van der Waals surface area contributed by atoms with Crippen LogP contribution >= 0.6 is 0 Å². The molecule has 30 heavy (non-hydrogen) atoms. The Morgan fingerprint density at radius 2 is 1.50 bits per heavy atom. The van der Waals surface area contributed by atoms with Gasteiger partial charge in [0, 0.05) is 32.2 Å². The highest BCUT2D eigenvalue weighted by atomic mass is 32.2. The van der Waals surface area contributed by atoms with Gasteiger partial charge in [0.05, 0.1) is 30.5 Å². The van der Waals surface area contributed by atoms with E-state index in [9.17, 15) is 16.8 Å². The van der Waals surface area contributed by atoms with Gasteiger partial charge >= 0.3 is 0 Å². The summed E-state index contributed by atoms with van der Waals surface area (Å²) in [7, 11) is -4.69. The Morgan fingerprint density at radius 3 is 2.03 bits per heavy atom. The molecule has 0 radical (unpaired) electrons. The van der Waals surface area contributed by atoms with Crippen LogP contribution in [0.5, 0.6) is 11.5 Å². The quantitative estimate of drug-likeness (QED) is 0.688. The predicted octanol–water partition coefficient (Wildman–Crippen LogP) is 1.13. The van der Waals surface area contributed by atoms with Crippen molar-refractivity contribution in [3.8, 4) is 11.5 Å². The molecule has 3 rings (SSSR count). The Kier molecular flexibility index (Phi) is 6.41. The molecule has 0 saturated carbocycles. The highest BCUT2D eigenvalue weighted by Gasteiger charge is 2.34. The number of hydrogen-bond donors (Lipinski definition) is 1. The van der Waals surface area contributed by atoms with Crippen LogP contribution in [0.2, 0.25) is 0 Å². The van der Waals surface area contributed by atoms with Crippen LogP contribution in [0.3, 0.4) is 0 Å².